The molecule has 0 spiro atoms. The van der Waals surface area contributed by atoms with Gasteiger partial charge in [0.25, 0.3) is 21.6 Å². The van der Waals surface area contributed by atoms with Crippen LogP contribution in [0.1, 0.15) is 15.9 Å². The Morgan fingerprint density at radius 1 is 0.843 bits per heavy atom. The molecule has 262 valence electrons. The Balaban J connectivity index is 1.03. The monoisotopic (exact) mass is 723 g/mol. The van der Waals surface area contributed by atoms with Gasteiger partial charge in [0.05, 0.1) is 9.82 Å². The number of anilines is 2. The quantitative estimate of drug-likeness (QED) is 0.0525. The van der Waals surface area contributed by atoms with E-state index in [0.717, 1.165) is 60.5 Å². The number of thioether (sulfide) groups is 1. The fourth-order valence-corrected chi connectivity index (χ4v) is 7.72. The first-order valence-corrected chi connectivity index (χ1v) is 18.9. The van der Waals surface area contributed by atoms with Crippen LogP contribution < -0.4 is 14.9 Å². The summed E-state index contributed by atoms with van der Waals surface area (Å²) in [6.45, 7) is 4.37. The number of nitrogens with one attached hydrogen (secondary N) is 2. The Morgan fingerprint density at radius 3 is 2.29 bits per heavy atom. The number of phenolic OH excluding ortho intramolecular Hbond substituents is 1. The van der Waals surface area contributed by atoms with Gasteiger partial charge in [0.1, 0.15) is 11.4 Å². The minimum atomic E-state index is -4.39. The molecular formula is C38H37N5O6S2. The molecule has 3 N–H and O–H groups in total. The van der Waals surface area contributed by atoms with Crippen molar-refractivity contribution < 1.29 is 23.2 Å². The first-order valence-electron chi connectivity index (χ1n) is 16.4. The highest BCUT2D eigenvalue weighted by molar-refractivity contribution is 7.99. The van der Waals surface area contributed by atoms with Crippen molar-refractivity contribution in [1.82, 2.24) is 9.62 Å². The molecule has 1 heterocycles. The van der Waals surface area contributed by atoms with Crippen LogP contribution in [0.3, 0.4) is 0 Å². The fraction of sp³-hybridized carbons (Fsp3) is 0.184. The molecule has 51 heavy (non-hydrogen) atoms. The van der Waals surface area contributed by atoms with Gasteiger partial charge >= 0.3 is 0 Å². The molecule has 0 saturated carbocycles. The third kappa shape index (κ3) is 9.06. The summed E-state index contributed by atoms with van der Waals surface area (Å²) >= 11 is 1.59. The summed E-state index contributed by atoms with van der Waals surface area (Å²) in [5.41, 5.74) is 4.08. The molecule has 11 nitrogen and oxygen atoms in total. The number of carbonyl (C=O) groups is 1. The highest BCUT2D eigenvalue weighted by atomic mass is 32.2. The lowest BCUT2D eigenvalue weighted by Crippen LogP contribution is -2.46. The molecule has 5 aromatic carbocycles. The van der Waals surface area contributed by atoms with Crippen LogP contribution in [0.5, 0.6) is 5.75 Å². The lowest BCUT2D eigenvalue weighted by Gasteiger charge is -2.36. The summed E-state index contributed by atoms with van der Waals surface area (Å²) in [6, 6.07) is 35.4. The van der Waals surface area contributed by atoms with Crippen LogP contribution >= 0.6 is 11.8 Å². The van der Waals surface area contributed by atoms with E-state index in [1.807, 2.05) is 59.3 Å². The summed E-state index contributed by atoms with van der Waals surface area (Å²) in [5.74, 6) is 0.0409. The van der Waals surface area contributed by atoms with E-state index in [2.05, 4.69) is 27.2 Å². The molecule has 6 rings (SSSR count). The number of nitro groups is 1. The number of carbonyl (C=O) groups excluding carboxylic acids is 1. The molecule has 5 aromatic rings. The van der Waals surface area contributed by atoms with Crippen molar-refractivity contribution in [3.05, 3.63) is 143 Å². The molecule has 1 saturated heterocycles. The standard InChI is InChI=1S/C38H37N5O6S2/c44-32-9-6-8-29(25-32)35-12-5-4-7-30(35)27-41-20-22-42(23-21-41)31-15-13-28(14-16-31)38(45)40-51(48,49)34-17-18-36(37(26-34)43(46)47)39-19-24-50-33-10-2-1-3-11-33/h1-18,25-26,39,44H,19-24,27H2,(H,40,45). The Kier molecular flexibility index (Phi) is 11.2. The van der Waals surface area contributed by atoms with Gasteiger partial charge in [-0.1, -0.05) is 54.6 Å². The Hall–Kier alpha value is -5.37. The van der Waals surface area contributed by atoms with E-state index < -0.39 is 26.5 Å². The van der Waals surface area contributed by atoms with Crippen molar-refractivity contribution in [2.75, 3.05) is 48.7 Å². The zero-order valence-electron chi connectivity index (χ0n) is 27.6. The van der Waals surface area contributed by atoms with Gasteiger partial charge in [0.2, 0.25) is 0 Å². The van der Waals surface area contributed by atoms with Crippen molar-refractivity contribution in [3.8, 4) is 16.9 Å². The number of amides is 1. The SMILES string of the molecule is O=C(NS(=O)(=O)c1ccc(NCCSc2ccccc2)c([N+](=O)[O-])c1)c1ccc(N2CCN(Cc3ccccc3-c3cccc(O)c3)CC2)cc1. The Labute approximate surface area is 301 Å². The molecule has 1 aliphatic heterocycles. The first kappa shape index (κ1) is 35.5. The lowest BCUT2D eigenvalue weighted by molar-refractivity contribution is -0.384. The summed E-state index contributed by atoms with van der Waals surface area (Å²) in [7, 11) is -4.39. The number of nitro benzene ring substituents is 1. The van der Waals surface area contributed by atoms with Crippen LogP contribution in [-0.4, -0.2) is 67.7 Å². The molecule has 0 atom stereocenters. The molecule has 1 amide bonds. The van der Waals surface area contributed by atoms with Crippen LogP contribution in [0.25, 0.3) is 11.1 Å². The number of hydrogen-bond acceptors (Lipinski definition) is 10. The summed E-state index contributed by atoms with van der Waals surface area (Å²) < 4.78 is 28.3. The van der Waals surface area contributed by atoms with Crippen molar-refractivity contribution >= 4 is 44.8 Å². The van der Waals surface area contributed by atoms with Gasteiger partial charge in [-0.25, -0.2) is 13.1 Å². The van der Waals surface area contributed by atoms with Crippen LogP contribution in [-0.2, 0) is 16.6 Å². The number of aromatic hydroxyl groups is 1. The van der Waals surface area contributed by atoms with E-state index in [9.17, 15) is 28.4 Å². The number of nitrogens with zero attached hydrogens (tertiary/aromatic N) is 3. The van der Waals surface area contributed by atoms with Gasteiger partial charge in [0.15, 0.2) is 0 Å². The number of benzene rings is 5. The second-order valence-corrected chi connectivity index (χ2v) is 14.8. The molecule has 1 aliphatic rings. The highest BCUT2D eigenvalue weighted by Crippen LogP contribution is 2.30. The first-order chi connectivity index (χ1) is 24.7. The predicted molar refractivity (Wildman–Crippen MR) is 201 cm³/mol. The maximum atomic E-state index is 13.1. The second-order valence-electron chi connectivity index (χ2n) is 12.0. The number of phenols is 1. The molecule has 1 fully saturated rings. The smallest absolute Gasteiger partial charge is 0.293 e. The van der Waals surface area contributed by atoms with Crippen molar-refractivity contribution in [2.24, 2.45) is 0 Å². The maximum absolute atomic E-state index is 13.1. The number of hydrogen-bond donors (Lipinski definition) is 3. The largest absolute Gasteiger partial charge is 0.508 e. The van der Waals surface area contributed by atoms with Crippen LogP contribution in [0, 0.1) is 10.1 Å². The van der Waals surface area contributed by atoms with Crippen molar-refractivity contribution in [1.29, 1.82) is 0 Å². The molecule has 0 radical (unpaired) electrons. The molecule has 0 bridgehead atoms. The van der Waals surface area contributed by atoms with E-state index in [1.54, 1.807) is 48.2 Å². The Bertz CT molecular complexity index is 2110. The van der Waals surface area contributed by atoms with Gasteiger partial charge in [-0.3, -0.25) is 19.8 Å². The molecule has 0 aromatic heterocycles. The van der Waals surface area contributed by atoms with E-state index in [0.29, 0.717) is 12.3 Å². The van der Waals surface area contributed by atoms with Crippen molar-refractivity contribution in [3.63, 3.8) is 0 Å². The minimum absolute atomic E-state index is 0.146. The predicted octanol–water partition coefficient (Wildman–Crippen LogP) is 6.61. The number of sulfonamides is 1. The molecule has 0 aliphatic carbocycles. The molecular weight excluding hydrogens is 687 g/mol. The zero-order chi connectivity index (χ0) is 35.8. The van der Waals surface area contributed by atoms with Gasteiger partial charge in [-0.05, 0) is 77.4 Å². The highest BCUT2D eigenvalue weighted by Gasteiger charge is 2.24. The normalized spacial score (nSPS) is 13.5. The van der Waals surface area contributed by atoms with E-state index >= 15 is 0 Å². The summed E-state index contributed by atoms with van der Waals surface area (Å²) in [6.07, 6.45) is 0. The van der Waals surface area contributed by atoms with E-state index in [1.165, 1.54) is 17.7 Å². The van der Waals surface area contributed by atoms with Crippen LogP contribution in [0.15, 0.2) is 131 Å². The van der Waals surface area contributed by atoms with Gasteiger partial charge in [-0.2, -0.15) is 0 Å². The lowest BCUT2D eigenvalue weighted by atomic mass is 9.99. The third-order valence-electron chi connectivity index (χ3n) is 8.57. The average molecular weight is 724 g/mol. The third-order valence-corrected chi connectivity index (χ3v) is 10.9. The van der Waals surface area contributed by atoms with Gasteiger partial charge in [0, 0.05) is 67.2 Å². The van der Waals surface area contributed by atoms with E-state index in [-0.39, 0.29) is 21.9 Å². The zero-order valence-corrected chi connectivity index (χ0v) is 29.3. The van der Waals surface area contributed by atoms with Gasteiger partial charge < -0.3 is 15.3 Å². The average Bonchev–Trinajstić information content (AvgIpc) is 3.14. The number of piperazine rings is 1. The van der Waals surface area contributed by atoms with Crippen LogP contribution in [0.4, 0.5) is 17.1 Å². The fourth-order valence-electron chi connectivity index (χ4n) is 5.93. The number of rotatable bonds is 13. The molecule has 13 heteroatoms. The summed E-state index contributed by atoms with van der Waals surface area (Å²) in [4.78, 5) is 29.4. The second kappa shape index (κ2) is 16.1. The Morgan fingerprint density at radius 2 is 1.57 bits per heavy atom. The van der Waals surface area contributed by atoms with Crippen molar-refractivity contribution in [2.45, 2.75) is 16.3 Å². The maximum Gasteiger partial charge on any atom is 0.293 e. The molecule has 0 unspecified atom stereocenters. The summed E-state index contributed by atoms with van der Waals surface area (Å²) in [5, 5.41) is 24.8. The van der Waals surface area contributed by atoms with E-state index in [4.69, 9.17) is 0 Å². The minimum Gasteiger partial charge on any atom is -0.508 e. The van der Waals surface area contributed by atoms with Gasteiger partial charge in [-0.15, -0.1) is 11.8 Å². The topological polar surface area (TPSA) is 145 Å². The van der Waals surface area contributed by atoms with Crippen LogP contribution in [0.2, 0.25) is 0 Å².